The Bertz CT molecular complexity index is 1020. The molecule has 1 fully saturated rings. The molecule has 1 aliphatic heterocycles. The van der Waals surface area contributed by atoms with E-state index in [1.165, 1.54) is 14.1 Å². The van der Waals surface area contributed by atoms with Gasteiger partial charge in [-0.2, -0.15) is 22.0 Å². The van der Waals surface area contributed by atoms with Gasteiger partial charge in [-0.1, -0.05) is 33.1 Å². The number of nitrogens with zero attached hydrogens (tertiary/aromatic N) is 3. The fourth-order valence-corrected chi connectivity index (χ4v) is 4.96. The van der Waals surface area contributed by atoms with Crippen LogP contribution in [-0.4, -0.2) is 67.4 Å². The van der Waals surface area contributed by atoms with Crippen molar-refractivity contribution in [1.29, 1.82) is 0 Å². The number of likely N-dealkylation sites (tertiary alicyclic amines) is 1. The van der Waals surface area contributed by atoms with Crippen molar-refractivity contribution in [2.75, 3.05) is 34.2 Å². The lowest BCUT2D eigenvalue weighted by molar-refractivity contribution is -0.137. The molecule has 206 valence electrons. The SMILES string of the molecule is CN=C(NC(C)C(=O)N(C)C)/C(=C/C1CCN(Cc2ccc(C(F)(F)F)cc2C(F)(F)P)CC1)SC=O. The van der Waals surface area contributed by atoms with Crippen LogP contribution in [0.3, 0.4) is 0 Å². The fraction of sp³-hybridized carbons (Fsp3) is 0.542. The molecule has 0 bridgehead atoms. The van der Waals surface area contributed by atoms with Crippen molar-refractivity contribution < 1.29 is 31.5 Å². The van der Waals surface area contributed by atoms with Gasteiger partial charge in [0.15, 0.2) is 5.62 Å². The molecule has 1 N–H and O–H groups in total. The third kappa shape index (κ3) is 9.04. The fourth-order valence-electron chi connectivity index (χ4n) is 4.06. The van der Waals surface area contributed by atoms with Crippen molar-refractivity contribution in [3.05, 3.63) is 45.9 Å². The predicted molar refractivity (Wildman–Crippen MR) is 140 cm³/mol. The number of aliphatic imine (C=N–C) groups is 1. The normalized spacial score (nSPS) is 17.5. The number of amides is 1. The zero-order chi connectivity index (χ0) is 28.0. The van der Waals surface area contributed by atoms with E-state index < -0.39 is 29.0 Å². The summed E-state index contributed by atoms with van der Waals surface area (Å²) in [5.74, 6) is 0.329. The Labute approximate surface area is 220 Å². The zero-order valence-electron chi connectivity index (χ0n) is 21.1. The van der Waals surface area contributed by atoms with E-state index in [9.17, 15) is 31.5 Å². The monoisotopic (exact) mass is 566 g/mol. The summed E-state index contributed by atoms with van der Waals surface area (Å²) in [4.78, 5) is 31.7. The number of carbonyl (C=O) groups excluding carboxylic acids is 2. The van der Waals surface area contributed by atoms with Crippen LogP contribution < -0.4 is 5.32 Å². The van der Waals surface area contributed by atoms with Crippen molar-refractivity contribution in [2.45, 2.75) is 44.2 Å². The highest BCUT2D eigenvalue weighted by atomic mass is 32.2. The lowest BCUT2D eigenvalue weighted by atomic mass is 9.95. The number of piperidine rings is 1. The number of alkyl halides is 5. The van der Waals surface area contributed by atoms with E-state index in [1.807, 2.05) is 11.0 Å². The van der Waals surface area contributed by atoms with Crippen LogP contribution in [-0.2, 0) is 28.0 Å². The third-order valence-corrected chi connectivity index (χ3v) is 7.00. The molecular weight excluding hydrogens is 534 g/mol. The molecule has 0 radical (unpaired) electrons. The molecule has 1 aromatic carbocycles. The number of thioether (sulfide) groups is 1. The summed E-state index contributed by atoms with van der Waals surface area (Å²) < 4.78 is 67.4. The number of carbonyl (C=O) groups is 2. The molecule has 1 aliphatic rings. The van der Waals surface area contributed by atoms with E-state index >= 15 is 0 Å². The first kappa shape index (κ1) is 31.2. The van der Waals surface area contributed by atoms with Crippen LogP contribution in [0.1, 0.15) is 36.5 Å². The molecule has 0 aliphatic carbocycles. The standard InChI is InChI=1S/C24H32F5N4O2PS/c1-15(22(35)32(3)4)31-21(30-2)20(37-14-34)11-16-7-9-33(10-8-16)13-17-5-6-18(23(25,26)27)12-19(17)24(28,29)36/h5-6,11-12,14-16H,7-10,13,36H2,1-4H3,(H,30,31)/b20-11-. The second kappa shape index (κ2) is 13.2. The molecular formula is C24H32F5N4O2PS. The van der Waals surface area contributed by atoms with Gasteiger partial charge in [-0.15, -0.1) is 0 Å². The van der Waals surface area contributed by atoms with Gasteiger partial charge in [0.1, 0.15) is 11.9 Å². The highest BCUT2D eigenvalue weighted by molar-refractivity contribution is 8.16. The van der Waals surface area contributed by atoms with Gasteiger partial charge in [0.2, 0.25) is 5.91 Å². The molecule has 1 saturated heterocycles. The van der Waals surface area contributed by atoms with Crippen LogP contribution in [0.2, 0.25) is 0 Å². The summed E-state index contributed by atoms with van der Waals surface area (Å²) in [6, 6.07) is 1.90. The van der Waals surface area contributed by atoms with Crippen molar-refractivity contribution in [3.63, 3.8) is 0 Å². The first-order chi connectivity index (χ1) is 17.2. The number of hydrogen-bond acceptors (Lipinski definition) is 5. The van der Waals surface area contributed by atoms with Gasteiger partial charge in [0.25, 0.3) is 5.66 Å². The molecule has 1 aromatic rings. The number of amidine groups is 1. The van der Waals surface area contributed by atoms with Crippen LogP contribution >= 0.6 is 21.0 Å². The van der Waals surface area contributed by atoms with E-state index in [2.05, 4.69) is 10.3 Å². The smallest absolute Gasteiger partial charge is 0.358 e. The van der Waals surface area contributed by atoms with E-state index in [1.54, 1.807) is 28.1 Å². The Morgan fingerprint density at radius 3 is 2.38 bits per heavy atom. The first-order valence-electron chi connectivity index (χ1n) is 11.5. The van der Waals surface area contributed by atoms with E-state index in [0.717, 1.165) is 23.9 Å². The van der Waals surface area contributed by atoms with Crippen molar-refractivity contribution in [1.82, 2.24) is 15.1 Å². The number of allylic oxidation sites excluding steroid dienone is 1. The average molecular weight is 567 g/mol. The Balaban J connectivity index is 2.12. The maximum Gasteiger partial charge on any atom is 0.416 e. The molecule has 1 amide bonds. The predicted octanol–water partition coefficient (Wildman–Crippen LogP) is 4.74. The minimum absolute atomic E-state index is 0.0624. The Morgan fingerprint density at radius 1 is 1.27 bits per heavy atom. The lowest BCUT2D eigenvalue weighted by Gasteiger charge is -2.32. The minimum atomic E-state index is -4.71. The molecule has 2 unspecified atom stereocenters. The maximum atomic E-state index is 14.1. The molecule has 37 heavy (non-hydrogen) atoms. The maximum absolute atomic E-state index is 14.1. The van der Waals surface area contributed by atoms with Gasteiger partial charge in [-0.3, -0.25) is 19.5 Å². The second-order valence-electron chi connectivity index (χ2n) is 9.02. The summed E-state index contributed by atoms with van der Waals surface area (Å²) in [5, 5.41) is 3.05. The van der Waals surface area contributed by atoms with Crippen molar-refractivity contribution >= 4 is 38.4 Å². The summed E-state index contributed by atoms with van der Waals surface area (Å²) in [6.07, 6.45) is -1.49. The van der Waals surface area contributed by atoms with Gasteiger partial charge in [0, 0.05) is 33.3 Å². The summed E-state index contributed by atoms with van der Waals surface area (Å²) in [6.45, 7) is 2.86. The van der Waals surface area contributed by atoms with Crippen LogP contribution in [0.5, 0.6) is 0 Å². The third-order valence-electron chi connectivity index (χ3n) is 6.01. The molecule has 1 heterocycles. The highest BCUT2D eigenvalue weighted by Gasteiger charge is 2.35. The van der Waals surface area contributed by atoms with Crippen LogP contribution in [0.25, 0.3) is 0 Å². The highest BCUT2D eigenvalue weighted by Crippen LogP contribution is 2.41. The van der Waals surface area contributed by atoms with Crippen molar-refractivity contribution in [2.24, 2.45) is 10.9 Å². The Kier molecular flexibility index (Phi) is 11.1. The first-order valence-corrected chi connectivity index (χ1v) is 13.0. The molecule has 0 saturated carbocycles. The number of halogens is 5. The average Bonchev–Trinajstić information content (AvgIpc) is 2.81. The van der Waals surface area contributed by atoms with E-state index in [-0.39, 0.29) is 23.9 Å². The van der Waals surface area contributed by atoms with E-state index in [0.29, 0.717) is 48.4 Å². The van der Waals surface area contributed by atoms with Crippen molar-refractivity contribution in [3.8, 4) is 0 Å². The summed E-state index contributed by atoms with van der Waals surface area (Å²) >= 11 is 0.947. The van der Waals surface area contributed by atoms with Gasteiger partial charge in [-0.05, 0) is 56.5 Å². The molecule has 13 heteroatoms. The van der Waals surface area contributed by atoms with Crippen LogP contribution in [0.4, 0.5) is 22.0 Å². The summed E-state index contributed by atoms with van der Waals surface area (Å²) in [5.41, 5.74) is -4.44. The van der Waals surface area contributed by atoms with Gasteiger partial charge in [0.05, 0.1) is 10.5 Å². The number of likely N-dealkylation sites (N-methyl/N-ethyl adjacent to an activating group) is 1. The minimum Gasteiger partial charge on any atom is -0.358 e. The van der Waals surface area contributed by atoms with Crippen LogP contribution in [0, 0.1) is 5.92 Å². The number of hydrogen-bond donors (Lipinski definition) is 1. The Morgan fingerprint density at radius 2 is 1.89 bits per heavy atom. The Hall–Kier alpha value is -2.04. The number of nitrogens with one attached hydrogen (secondary N) is 1. The molecule has 2 rings (SSSR count). The van der Waals surface area contributed by atoms with Gasteiger partial charge in [-0.25, -0.2) is 0 Å². The topological polar surface area (TPSA) is 65.0 Å². The van der Waals surface area contributed by atoms with Crippen LogP contribution in [0.15, 0.2) is 34.2 Å². The molecule has 0 spiro atoms. The second-order valence-corrected chi connectivity index (χ2v) is 10.6. The zero-order valence-corrected chi connectivity index (χ0v) is 23.1. The quantitative estimate of drug-likeness (QED) is 0.154. The summed E-state index contributed by atoms with van der Waals surface area (Å²) in [7, 11) is 6.15. The lowest BCUT2D eigenvalue weighted by Crippen LogP contribution is -2.44. The van der Waals surface area contributed by atoms with Gasteiger partial charge >= 0.3 is 6.18 Å². The van der Waals surface area contributed by atoms with E-state index in [4.69, 9.17) is 0 Å². The largest absolute Gasteiger partial charge is 0.416 e. The van der Waals surface area contributed by atoms with Gasteiger partial charge < -0.3 is 10.2 Å². The molecule has 0 aromatic heterocycles. The number of rotatable bonds is 9. The molecule has 6 nitrogen and oxygen atoms in total. The number of benzene rings is 1. The molecule has 2 atom stereocenters.